The first-order chi connectivity index (χ1) is 10.3. The number of aromatic nitrogens is 3. The van der Waals surface area contributed by atoms with Crippen LogP contribution in [0.15, 0.2) is 37.1 Å². The number of rotatable bonds is 4. The highest BCUT2D eigenvalue weighted by Crippen LogP contribution is 2.17. The maximum Gasteiger partial charge on any atom is 0.231 e. The van der Waals surface area contributed by atoms with Crippen LogP contribution in [0, 0.1) is 5.92 Å². The number of likely N-dealkylation sites (N-methyl/N-ethyl adjacent to an activating group) is 1. The molecule has 7 heteroatoms. The van der Waals surface area contributed by atoms with Crippen molar-refractivity contribution in [2.24, 2.45) is 5.92 Å². The molecular weight excluding hydrogens is 270 g/mol. The average Bonchev–Trinajstić information content (AvgIpc) is 3.19. The first-order valence-electron chi connectivity index (χ1n) is 6.78. The van der Waals surface area contributed by atoms with E-state index < -0.39 is 0 Å². The third-order valence-electron chi connectivity index (χ3n) is 3.57. The van der Waals surface area contributed by atoms with E-state index in [4.69, 9.17) is 4.74 Å². The molecule has 2 unspecified atom stereocenters. The normalized spacial score (nSPS) is 21.4. The Bertz CT molecular complexity index is 596. The summed E-state index contributed by atoms with van der Waals surface area (Å²) in [5, 5.41) is 5.97. The molecule has 0 aromatic carbocycles. The number of carbonyl (C=O) groups is 1. The van der Waals surface area contributed by atoms with Crippen LogP contribution in [0.1, 0.15) is 0 Å². The van der Waals surface area contributed by atoms with Gasteiger partial charge in [-0.2, -0.15) is 0 Å². The summed E-state index contributed by atoms with van der Waals surface area (Å²) in [5.41, 5.74) is 0.672. The van der Waals surface area contributed by atoms with Crippen LogP contribution in [0.3, 0.4) is 0 Å². The highest BCUT2D eigenvalue weighted by molar-refractivity contribution is 5.93. The first kappa shape index (κ1) is 13.7. The van der Waals surface area contributed by atoms with Crippen molar-refractivity contribution in [2.45, 2.75) is 6.04 Å². The van der Waals surface area contributed by atoms with Crippen LogP contribution in [0.2, 0.25) is 0 Å². The van der Waals surface area contributed by atoms with Crippen LogP contribution in [-0.4, -0.2) is 46.7 Å². The summed E-state index contributed by atoms with van der Waals surface area (Å²) in [4.78, 5) is 20.5. The lowest BCUT2D eigenvalue weighted by Crippen LogP contribution is -2.39. The molecule has 0 spiro atoms. The van der Waals surface area contributed by atoms with Crippen molar-refractivity contribution in [1.29, 1.82) is 0 Å². The van der Waals surface area contributed by atoms with Crippen LogP contribution in [0.5, 0.6) is 0 Å². The van der Waals surface area contributed by atoms with Gasteiger partial charge in [-0.05, 0) is 19.2 Å². The third kappa shape index (κ3) is 2.93. The van der Waals surface area contributed by atoms with E-state index >= 15 is 0 Å². The van der Waals surface area contributed by atoms with E-state index in [0.717, 1.165) is 5.82 Å². The molecule has 2 aromatic heterocycles. The Morgan fingerprint density at radius 1 is 1.43 bits per heavy atom. The number of hydrogen-bond donors (Lipinski definition) is 2. The van der Waals surface area contributed by atoms with Crippen molar-refractivity contribution >= 4 is 11.6 Å². The largest absolute Gasteiger partial charge is 0.379 e. The Morgan fingerprint density at radius 3 is 3.00 bits per heavy atom. The summed E-state index contributed by atoms with van der Waals surface area (Å²) in [6.45, 7) is 1.00. The molecule has 3 rings (SSSR count). The van der Waals surface area contributed by atoms with E-state index in [-0.39, 0.29) is 17.9 Å². The van der Waals surface area contributed by atoms with Gasteiger partial charge in [-0.15, -0.1) is 0 Å². The van der Waals surface area contributed by atoms with Gasteiger partial charge in [0.2, 0.25) is 5.91 Å². The van der Waals surface area contributed by atoms with Gasteiger partial charge in [0, 0.05) is 18.4 Å². The summed E-state index contributed by atoms with van der Waals surface area (Å²) < 4.78 is 7.14. The maximum atomic E-state index is 12.2. The summed E-state index contributed by atoms with van der Waals surface area (Å²) in [5.74, 6) is 0.523. The van der Waals surface area contributed by atoms with Gasteiger partial charge in [0.1, 0.15) is 12.1 Å². The monoisotopic (exact) mass is 287 g/mol. The van der Waals surface area contributed by atoms with Crippen LogP contribution in [0.25, 0.3) is 5.82 Å². The molecule has 3 heterocycles. The van der Waals surface area contributed by atoms with Crippen molar-refractivity contribution < 1.29 is 9.53 Å². The molecule has 2 N–H and O–H groups in total. The maximum absolute atomic E-state index is 12.2. The van der Waals surface area contributed by atoms with Crippen LogP contribution in [-0.2, 0) is 9.53 Å². The second kappa shape index (κ2) is 6.02. The van der Waals surface area contributed by atoms with Gasteiger partial charge in [0.25, 0.3) is 0 Å². The highest BCUT2D eigenvalue weighted by Gasteiger charge is 2.32. The van der Waals surface area contributed by atoms with Gasteiger partial charge in [-0.3, -0.25) is 9.36 Å². The minimum atomic E-state index is -0.177. The van der Waals surface area contributed by atoms with Crippen molar-refractivity contribution in [3.05, 3.63) is 37.1 Å². The summed E-state index contributed by atoms with van der Waals surface area (Å²) in [6, 6.07) is 3.71. The van der Waals surface area contributed by atoms with Crippen LogP contribution in [0.4, 0.5) is 5.69 Å². The number of imidazole rings is 1. The zero-order valence-corrected chi connectivity index (χ0v) is 11.7. The van der Waals surface area contributed by atoms with Crippen molar-refractivity contribution in [2.75, 3.05) is 25.6 Å². The topological polar surface area (TPSA) is 81.1 Å². The van der Waals surface area contributed by atoms with E-state index in [1.807, 2.05) is 25.4 Å². The van der Waals surface area contributed by atoms with Crippen molar-refractivity contribution in [3.63, 3.8) is 0 Å². The van der Waals surface area contributed by atoms with Gasteiger partial charge < -0.3 is 15.4 Å². The molecule has 1 saturated heterocycles. The summed E-state index contributed by atoms with van der Waals surface area (Å²) >= 11 is 0. The van der Waals surface area contributed by atoms with E-state index in [9.17, 15) is 4.79 Å². The molecule has 1 aliphatic rings. The summed E-state index contributed by atoms with van der Waals surface area (Å²) in [7, 11) is 1.83. The van der Waals surface area contributed by atoms with E-state index in [2.05, 4.69) is 20.6 Å². The lowest BCUT2D eigenvalue weighted by Gasteiger charge is -2.16. The molecular formula is C14H17N5O2. The Hall–Kier alpha value is -2.25. The van der Waals surface area contributed by atoms with Gasteiger partial charge >= 0.3 is 0 Å². The number of nitrogens with one attached hydrogen (secondary N) is 2. The first-order valence-corrected chi connectivity index (χ1v) is 6.78. The van der Waals surface area contributed by atoms with Gasteiger partial charge in [0.05, 0.1) is 31.0 Å². The molecule has 0 saturated carbocycles. The molecule has 110 valence electrons. The predicted octanol–water partition coefficient (Wildman–Crippen LogP) is 0.440. The Balaban J connectivity index is 1.66. The Labute approximate surface area is 122 Å². The fourth-order valence-corrected chi connectivity index (χ4v) is 2.34. The Morgan fingerprint density at radius 2 is 2.33 bits per heavy atom. The lowest BCUT2D eigenvalue weighted by molar-refractivity contribution is -0.120. The van der Waals surface area contributed by atoms with Gasteiger partial charge in [-0.1, -0.05) is 0 Å². The zero-order chi connectivity index (χ0) is 14.7. The number of amides is 1. The standard InChI is InChI=1S/C14H17N5O2/c1-15-12-8-21-7-11(12)14(20)18-10-2-3-13(17-6-10)19-5-4-16-9-19/h2-6,9,11-12,15H,7-8H2,1H3,(H,18,20). The molecule has 21 heavy (non-hydrogen) atoms. The fraction of sp³-hybridized carbons (Fsp3) is 0.357. The Kier molecular flexibility index (Phi) is 3.94. The zero-order valence-electron chi connectivity index (χ0n) is 11.7. The number of nitrogens with zero attached hydrogens (tertiary/aromatic N) is 3. The van der Waals surface area contributed by atoms with Crippen LogP contribution >= 0.6 is 0 Å². The van der Waals surface area contributed by atoms with Crippen molar-refractivity contribution in [1.82, 2.24) is 19.9 Å². The second-order valence-electron chi connectivity index (χ2n) is 4.90. The minimum Gasteiger partial charge on any atom is -0.379 e. The third-order valence-corrected chi connectivity index (χ3v) is 3.57. The quantitative estimate of drug-likeness (QED) is 0.853. The number of carbonyl (C=O) groups excluding carboxylic acids is 1. The average molecular weight is 287 g/mol. The van der Waals surface area contributed by atoms with Crippen LogP contribution < -0.4 is 10.6 Å². The predicted molar refractivity (Wildman–Crippen MR) is 77.1 cm³/mol. The second-order valence-corrected chi connectivity index (χ2v) is 4.90. The molecule has 2 atom stereocenters. The number of ether oxygens (including phenoxy) is 1. The van der Waals surface area contributed by atoms with Gasteiger partial charge in [-0.25, -0.2) is 9.97 Å². The van der Waals surface area contributed by atoms with Crippen molar-refractivity contribution in [3.8, 4) is 5.82 Å². The number of pyridine rings is 1. The smallest absolute Gasteiger partial charge is 0.231 e. The SMILES string of the molecule is CNC1COCC1C(=O)Nc1ccc(-n2ccnc2)nc1. The van der Waals surface area contributed by atoms with E-state index in [0.29, 0.717) is 18.9 Å². The molecule has 1 aliphatic heterocycles. The molecule has 1 amide bonds. The van der Waals surface area contributed by atoms with Gasteiger partial charge in [0.15, 0.2) is 0 Å². The minimum absolute atomic E-state index is 0.0518. The van der Waals surface area contributed by atoms with E-state index in [1.54, 1.807) is 23.3 Å². The molecule has 1 fully saturated rings. The molecule has 0 bridgehead atoms. The molecule has 7 nitrogen and oxygen atoms in total. The molecule has 0 radical (unpaired) electrons. The lowest BCUT2D eigenvalue weighted by atomic mass is 10.0. The molecule has 0 aliphatic carbocycles. The highest BCUT2D eigenvalue weighted by atomic mass is 16.5. The fourth-order valence-electron chi connectivity index (χ4n) is 2.34. The molecule has 2 aromatic rings. The van der Waals surface area contributed by atoms with E-state index in [1.165, 1.54) is 0 Å². The number of hydrogen-bond acceptors (Lipinski definition) is 5. The number of anilines is 1. The summed E-state index contributed by atoms with van der Waals surface area (Å²) in [6.07, 6.45) is 6.81.